The van der Waals surface area contributed by atoms with E-state index in [1.807, 2.05) is 0 Å². The van der Waals surface area contributed by atoms with E-state index in [1.54, 1.807) is 0 Å². The molecule has 0 aliphatic heterocycles. The van der Waals surface area contributed by atoms with Crippen molar-refractivity contribution in [3.8, 4) is 0 Å². The first-order chi connectivity index (χ1) is 2.39. The van der Waals surface area contributed by atoms with Crippen LogP contribution in [-0.2, 0) is 0 Å². The molecule has 1 aliphatic rings. The van der Waals surface area contributed by atoms with Gasteiger partial charge in [-0.1, -0.05) is 6.42 Å². The van der Waals surface area contributed by atoms with E-state index in [9.17, 15) is 0 Å². The van der Waals surface area contributed by atoms with Gasteiger partial charge < -0.3 is 0 Å². The van der Waals surface area contributed by atoms with Crippen molar-refractivity contribution < 1.29 is 0 Å². The van der Waals surface area contributed by atoms with E-state index in [0.29, 0.717) is 0 Å². The summed E-state index contributed by atoms with van der Waals surface area (Å²) in [5.41, 5.74) is 0. The maximum absolute atomic E-state index is 4.10. The summed E-state index contributed by atoms with van der Waals surface area (Å²) in [5, 5.41) is 1.38. The summed E-state index contributed by atoms with van der Waals surface area (Å²) in [4.78, 5) is 0. The van der Waals surface area contributed by atoms with Gasteiger partial charge in [0.25, 0.3) is 0 Å². The van der Waals surface area contributed by atoms with Crippen LogP contribution < -0.4 is 0 Å². The minimum absolute atomic E-state index is 1.27. The van der Waals surface area contributed by atoms with Crippen LogP contribution >= 0.6 is 12.6 Å². The Balaban J connectivity index is 2.08. The Morgan fingerprint density at radius 2 is 1.80 bits per heavy atom. The Morgan fingerprint density at radius 3 is 1.80 bits per heavy atom. The Hall–Kier alpha value is 0.350. The first-order valence-electron chi connectivity index (χ1n) is 1.93. The fraction of sp³-hybridized carbons (Fsp3) is 0.750. The molecule has 1 radical (unpaired) electrons. The van der Waals surface area contributed by atoms with Crippen molar-refractivity contribution in [3.05, 3.63) is 5.25 Å². The van der Waals surface area contributed by atoms with Crippen molar-refractivity contribution in [1.82, 2.24) is 0 Å². The van der Waals surface area contributed by atoms with E-state index < -0.39 is 0 Å². The van der Waals surface area contributed by atoms with Crippen LogP contribution in [0.5, 0.6) is 0 Å². The lowest BCUT2D eigenvalue weighted by molar-refractivity contribution is 0.629. The fourth-order valence-corrected chi connectivity index (χ4v) is 0.651. The molecule has 0 bridgehead atoms. The average Bonchev–Trinajstić information content (AvgIpc) is 1.30. The predicted molar refractivity (Wildman–Crippen MR) is 26.1 cm³/mol. The molecule has 29 valence electrons. The first-order valence-corrected chi connectivity index (χ1v) is 2.38. The standard InChI is InChI=1S/C4H7S/c5-4-2-1-3-4/h5H,1-3H2. The third-order valence-corrected chi connectivity index (χ3v) is 1.38. The van der Waals surface area contributed by atoms with Crippen LogP contribution in [-0.4, -0.2) is 0 Å². The molecule has 5 heavy (non-hydrogen) atoms. The molecule has 1 rings (SSSR count). The highest BCUT2D eigenvalue weighted by Crippen LogP contribution is 2.31. The molecule has 0 amide bonds. The summed E-state index contributed by atoms with van der Waals surface area (Å²) < 4.78 is 0. The fourth-order valence-electron chi connectivity index (χ4n) is 0.335. The largest absolute Gasteiger partial charge is 0.171 e. The highest BCUT2D eigenvalue weighted by molar-refractivity contribution is 7.83. The molecule has 0 heterocycles. The van der Waals surface area contributed by atoms with Crippen molar-refractivity contribution in [2.75, 3.05) is 0 Å². The van der Waals surface area contributed by atoms with Gasteiger partial charge in [-0.3, -0.25) is 0 Å². The van der Waals surface area contributed by atoms with Crippen LogP contribution in [0, 0.1) is 5.25 Å². The second-order valence-corrected chi connectivity index (χ2v) is 2.05. The maximum Gasteiger partial charge on any atom is 0.0274 e. The summed E-state index contributed by atoms with van der Waals surface area (Å²) in [6, 6.07) is 0. The molecule has 1 saturated carbocycles. The van der Waals surface area contributed by atoms with Gasteiger partial charge in [0.1, 0.15) is 0 Å². The summed E-state index contributed by atoms with van der Waals surface area (Å²) in [7, 11) is 0. The zero-order chi connectivity index (χ0) is 3.70. The molecule has 0 nitrogen and oxygen atoms in total. The molecule has 0 aromatic heterocycles. The highest BCUT2D eigenvalue weighted by Gasteiger charge is 2.11. The van der Waals surface area contributed by atoms with Crippen LogP contribution in [0.1, 0.15) is 19.3 Å². The maximum atomic E-state index is 4.10. The number of thiol groups is 1. The van der Waals surface area contributed by atoms with Gasteiger partial charge in [0.15, 0.2) is 0 Å². The zero-order valence-corrected chi connectivity index (χ0v) is 3.96. The van der Waals surface area contributed by atoms with Crippen molar-refractivity contribution >= 4 is 12.6 Å². The van der Waals surface area contributed by atoms with Crippen LogP contribution in [0.15, 0.2) is 0 Å². The lowest BCUT2D eigenvalue weighted by Crippen LogP contribution is -1.98. The van der Waals surface area contributed by atoms with Crippen LogP contribution in [0.25, 0.3) is 0 Å². The van der Waals surface area contributed by atoms with Gasteiger partial charge in [0.2, 0.25) is 0 Å². The van der Waals surface area contributed by atoms with E-state index in [1.165, 1.54) is 24.5 Å². The molecule has 0 N–H and O–H groups in total. The quantitative estimate of drug-likeness (QED) is 0.426. The van der Waals surface area contributed by atoms with Gasteiger partial charge >= 0.3 is 0 Å². The van der Waals surface area contributed by atoms with Crippen LogP contribution in [0.3, 0.4) is 0 Å². The Morgan fingerprint density at radius 1 is 1.40 bits per heavy atom. The summed E-state index contributed by atoms with van der Waals surface area (Å²) in [5.74, 6) is 0. The third kappa shape index (κ3) is 0.596. The van der Waals surface area contributed by atoms with Gasteiger partial charge in [-0.15, -0.1) is 0 Å². The van der Waals surface area contributed by atoms with Crippen LogP contribution in [0.2, 0.25) is 0 Å². The predicted octanol–water partition coefficient (Wildman–Crippen LogP) is 1.63. The monoisotopic (exact) mass is 87.0 g/mol. The molecular weight excluding hydrogens is 80.1 g/mol. The lowest BCUT2D eigenvalue weighted by atomic mass is 10.0. The molecule has 0 unspecified atom stereocenters. The number of rotatable bonds is 0. The zero-order valence-electron chi connectivity index (χ0n) is 3.07. The molecule has 0 atom stereocenters. The van der Waals surface area contributed by atoms with Gasteiger partial charge in [-0.25, -0.2) is 0 Å². The van der Waals surface area contributed by atoms with E-state index >= 15 is 0 Å². The van der Waals surface area contributed by atoms with E-state index in [0.717, 1.165) is 0 Å². The van der Waals surface area contributed by atoms with E-state index in [4.69, 9.17) is 0 Å². The van der Waals surface area contributed by atoms with Crippen molar-refractivity contribution in [2.24, 2.45) is 0 Å². The summed E-state index contributed by atoms with van der Waals surface area (Å²) >= 11 is 4.10. The molecule has 0 aromatic rings. The topological polar surface area (TPSA) is 0 Å². The Kier molecular flexibility index (Phi) is 0.856. The SMILES string of the molecule is S[C]1CCC1. The molecule has 0 spiro atoms. The Labute approximate surface area is 38.0 Å². The van der Waals surface area contributed by atoms with E-state index in [2.05, 4.69) is 12.6 Å². The van der Waals surface area contributed by atoms with Crippen LogP contribution in [0.4, 0.5) is 0 Å². The highest BCUT2D eigenvalue weighted by atomic mass is 32.1. The smallest absolute Gasteiger partial charge is 0.0274 e. The van der Waals surface area contributed by atoms with Gasteiger partial charge in [0.05, 0.1) is 0 Å². The summed E-state index contributed by atoms with van der Waals surface area (Å²) in [6.07, 6.45) is 3.91. The average molecular weight is 87.2 g/mol. The van der Waals surface area contributed by atoms with Crippen molar-refractivity contribution in [2.45, 2.75) is 19.3 Å². The number of hydrogen-bond donors (Lipinski definition) is 1. The number of hydrogen-bond acceptors (Lipinski definition) is 1. The van der Waals surface area contributed by atoms with Crippen molar-refractivity contribution in [3.63, 3.8) is 0 Å². The molecular formula is C4H7S. The van der Waals surface area contributed by atoms with Gasteiger partial charge in [-0.2, -0.15) is 12.6 Å². The molecule has 1 heteroatoms. The normalized spacial score (nSPS) is 25.8. The summed E-state index contributed by atoms with van der Waals surface area (Å²) in [6.45, 7) is 0. The Bertz CT molecular complexity index is 30.6. The molecule has 0 saturated heterocycles. The molecule has 1 fully saturated rings. The third-order valence-electron chi connectivity index (χ3n) is 0.931. The minimum Gasteiger partial charge on any atom is -0.171 e. The van der Waals surface area contributed by atoms with Crippen molar-refractivity contribution in [1.29, 1.82) is 0 Å². The first kappa shape index (κ1) is 3.54. The second-order valence-electron chi connectivity index (χ2n) is 1.42. The van der Waals surface area contributed by atoms with E-state index in [-0.39, 0.29) is 0 Å². The molecule has 1 aliphatic carbocycles. The second kappa shape index (κ2) is 1.21. The minimum atomic E-state index is 1.27. The van der Waals surface area contributed by atoms with Gasteiger partial charge in [-0.05, 0) is 12.8 Å². The molecule has 0 aromatic carbocycles. The lowest BCUT2D eigenvalue weighted by Gasteiger charge is -2.16. The van der Waals surface area contributed by atoms with Gasteiger partial charge in [0, 0.05) is 5.25 Å².